The monoisotopic (exact) mass is 277 g/mol. The van der Waals surface area contributed by atoms with Crippen LogP contribution in [0.2, 0.25) is 0 Å². The van der Waals surface area contributed by atoms with Crippen LogP contribution >= 0.6 is 0 Å². The number of halogens is 3. The molecule has 0 atom stereocenters. The molecule has 0 unspecified atom stereocenters. The summed E-state index contributed by atoms with van der Waals surface area (Å²) in [5, 5.41) is 3.14. The van der Waals surface area contributed by atoms with Crippen LogP contribution in [0, 0.1) is 17.5 Å². The second-order valence-electron chi connectivity index (χ2n) is 5.31. The Morgan fingerprint density at radius 2 is 1.70 bits per heavy atom. The van der Waals surface area contributed by atoms with E-state index < -0.39 is 11.6 Å². The Labute approximate surface area is 115 Å². The third kappa shape index (κ3) is 2.31. The van der Waals surface area contributed by atoms with E-state index in [0.717, 1.165) is 17.7 Å². The zero-order chi connectivity index (χ0) is 14.2. The summed E-state index contributed by atoms with van der Waals surface area (Å²) >= 11 is 0. The molecular weight excluding hydrogens is 263 g/mol. The van der Waals surface area contributed by atoms with E-state index >= 15 is 0 Å². The highest BCUT2D eigenvalue weighted by molar-refractivity contribution is 5.34. The number of hydrogen-bond donors (Lipinski definition) is 1. The zero-order valence-electron chi connectivity index (χ0n) is 10.8. The topological polar surface area (TPSA) is 12.0 Å². The maximum absolute atomic E-state index is 13.8. The van der Waals surface area contributed by atoms with E-state index in [1.807, 2.05) is 6.07 Å². The van der Waals surface area contributed by atoms with Gasteiger partial charge in [-0.25, -0.2) is 13.2 Å². The van der Waals surface area contributed by atoms with E-state index in [9.17, 15) is 13.2 Å². The highest BCUT2D eigenvalue weighted by Gasteiger charge is 2.39. The van der Waals surface area contributed by atoms with E-state index in [-0.39, 0.29) is 11.2 Å². The fraction of sp³-hybridized carbons (Fsp3) is 0.250. The van der Waals surface area contributed by atoms with Gasteiger partial charge in [0.25, 0.3) is 0 Å². The van der Waals surface area contributed by atoms with Crippen molar-refractivity contribution in [1.82, 2.24) is 5.32 Å². The Morgan fingerprint density at radius 3 is 2.35 bits per heavy atom. The van der Waals surface area contributed by atoms with Gasteiger partial charge in [0.1, 0.15) is 17.5 Å². The van der Waals surface area contributed by atoms with Gasteiger partial charge in [-0.3, -0.25) is 0 Å². The molecular formula is C16H14F3N. The molecule has 1 saturated heterocycles. The molecule has 0 bridgehead atoms. The molecule has 1 nitrogen and oxygen atoms in total. The quantitative estimate of drug-likeness (QED) is 0.908. The van der Waals surface area contributed by atoms with Gasteiger partial charge in [0.05, 0.1) is 0 Å². The summed E-state index contributed by atoms with van der Waals surface area (Å²) < 4.78 is 40.4. The first-order valence-corrected chi connectivity index (χ1v) is 6.50. The van der Waals surface area contributed by atoms with Crippen LogP contribution in [0.3, 0.4) is 0 Å². The zero-order valence-corrected chi connectivity index (χ0v) is 10.8. The largest absolute Gasteiger partial charge is 0.315 e. The summed E-state index contributed by atoms with van der Waals surface area (Å²) in [5.41, 5.74) is 0.784. The SMILES string of the molecule is Fc1cccc(C2(Cc3cc(F)ccc3F)CNC2)c1. The Morgan fingerprint density at radius 1 is 0.950 bits per heavy atom. The smallest absolute Gasteiger partial charge is 0.126 e. The van der Waals surface area contributed by atoms with E-state index in [4.69, 9.17) is 0 Å². The van der Waals surface area contributed by atoms with E-state index in [0.29, 0.717) is 25.1 Å². The van der Waals surface area contributed by atoms with Crippen molar-refractivity contribution in [2.75, 3.05) is 13.1 Å². The molecule has 0 saturated carbocycles. The third-order valence-electron chi connectivity index (χ3n) is 3.90. The first kappa shape index (κ1) is 13.2. The normalized spacial score (nSPS) is 16.8. The number of nitrogens with one attached hydrogen (secondary N) is 1. The predicted molar refractivity (Wildman–Crippen MR) is 71.0 cm³/mol. The van der Waals surface area contributed by atoms with Gasteiger partial charge in [0.15, 0.2) is 0 Å². The molecule has 1 N–H and O–H groups in total. The second-order valence-corrected chi connectivity index (χ2v) is 5.31. The average molecular weight is 277 g/mol. The minimum Gasteiger partial charge on any atom is -0.315 e. The van der Waals surface area contributed by atoms with Crippen LogP contribution in [-0.4, -0.2) is 13.1 Å². The third-order valence-corrected chi connectivity index (χ3v) is 3.90. The lowest BCUT2D eigenvalue weighted by atomic mass is 9.71. The minimum atomic E-state index is -0.455. The maximum Gasteiger partial charge on any atom is 0.126 e. The summed E-state index contributed by atoms with van der Waals surface area (Å²) in [4.78, 5) is 0. The Kier molecular flexibility index (Phi) is 3.26. The summed E-state index contributed by atoms with van der Waals surface area (Å²) in [6.07, 6.45) is 0.354. The van der Waals surface area contributed by atoms with Gasteiger partial charge in [-0.1, -0.05) is 12.1 Å². The van der Waals surface area contributed by atoms with Crippen LogP contribution in [0.15, 0.2) is 42.5 Å². The molecule has 1 fully saturated rings. The van der Waals surface area contributed by atoms with Gasteiger partial charge < -0.3 is 5.32 Å². The van der Waals surface area contributed by atoms with Gasteiger partial charge >= 0.3 is 0 Å². The van der Waals surface area contributed by atoms with Crippen LogP contribution in [0.1, 0.15) is 11.1 Å². The van der Waals surface area contributed by atoms with Gasteiger partial charge in [-0.05, 0) is 47.9 Å². The summed E-state index contributed by atoms with van der Waals surface area (Å²) in [6, 6.07) is 9.79. The van der Waals surface area contributed by atoms with Gasteiger partial charge in [0, 0.05) is 18.5 Å². The van der Waals surface area contributed by atoms with Crippen LogP contribution < -0.4 is 5.32 Å². The van der Waals surface area contributed by atoms with Crippen LogP contribution in [0.5, 0.6) is 0 Å². The molecule has 0 spiro atoms. The number of hydrogen-bond acceptors (Lipinski definition) is 1. The van der Waals surface area contributed by atoms with Crippen molar-refractivity contribution < 1.29 is 13.2 Å². The highest BCUT2D eigenvalue weighted by Crippen LogP contribution is 2.33. The van der Waals surface area contributed by atoms with Crippen molar-refractivity contribution in [3.05, 3.63) is 71.0 Å². The minimum absolute atomic E-state index is 0.312. The Balaban J connectivity index is 1.96. The lowest BCUT2D eigenvalue weighted by molar-refractivity contribution is 0.271. The molecule has 4 heteroatoms. The molecule has 0 amide bonds. The van der Waals surface area contributed by atoms with E-state index in [2.05, 4.69) is 5.32 Å². The second kappa shape index (κ2) is 4.94. The molecule has 1 aliphatic heterocycles. The fourth-order valence-corrected chi connectivity index (χ4v) is 2.72. The lowest BCUT2D eigenvalue weighted by Crippen LogP contribution is -2.58. The van der Waals surface area contributed by atoms with Crippen molar-refractivity contribution in [3.63, 3.8) is 0 Å². The van der Waals surface area contributed by atoms with Gasteiger partial charge in [-0.15, -0.1) is 0 Å². The van der Waals surface area contributed by atoms with Crippen LogP contribution in [0.25, 0.3) is 0 Å². The molecule has 1 heterocycles. The highest BCUT2D eigenvalue weighted by atomic mass is 19.1. The summed E-state index contributed by atoms with van der Waals surface area (Å²) in [7, 11) is 0. The standard InChI is InChI=1S/C16H14F3N/c17-13-3-1-2-12(7-13)16(9-20-10-16)8-11-6-14(18)4-5-15(11)19/h1-7,20H,8-10H2. The van der Waals surface area contributed by atoms with Gasteiger partial charge in [-0.2, -0.15) is 0 Å². The Hall–Kier alpha value is -1.81. The van der Waals surface area contributed by atoms with E-state index in [1.54, 1.807) is 6.07 Å². The fourth-order valence-electron chi connectivity index (χ4n) is 2.72. The molecule has 2 aromatic carbocycles. The molecule has 0 radical (unpaired) electrons. The molecule has 2 aromatic rings. The number of benzene rings is 2. The van der Waals surface area contributed by atoms with Crippen LogP contribution in [-0.2, 0) is 11.8 Å². The first-order valence-electron chi connectivity index (χ1n) is 6.50. The van der Waals surface area contributed by atoms with Gasteiger partial charge in [0.2, 0.25) is 0 Å². The maximum atomic E-state index is 13.8. The van der Waals surface area contributed by atoms with Crippen molar-refractivity contribution in [3.8, 4) is 0 Å². The predicted octanol–water partition coefficient (Wildman–Crippen LogP) is 3.19. The molecule has 20 heavy (non-hydrogen) atoms. The summed E-state index contributed by atoms with van der Waals surface area (Å²) in [6.45, 7) is 1.26. The lowest BCUT2D eigenvalue weighted by Gasteiger charge is -2.43. The summed E-state index contributed by atoms with van der Waals surface area (Å²) in [5.74, 6) is -1.19. The van der Waals surface area contributed by atoms with Crippen molar-refractivity contribution in [2.45, 2.75) is 11.8 Å². The first-order chi connectivity index (χ1) is 9.59. The van der Waals surface area contributed by atoms with Crippen LogP contribution in [0.4, 0.5) is 13.2 Å². The molecule has 1 aliphatic rings. The number of rotatable bonds is 3. The molecule has 104 valence electrons. The van der Waals surface area contributed by atoms with Crippen molar-refractivity contribution in [2.24, 2.45) is 0 Å². The Bertz CT molecular complexity index is 635. The molecule has 0 aliphatic carbocycles. The van der Waals surface area contributed by atoms with Crippen molar-refractivity contribution >= 4 is 0 Å². The molecule has 0 aromatic heterocycles. The molecule has 3 rings (SSSR count). The average Bonchev–Trinajstić information content (AvgIpc) is 2.38. The van der Waals surface area contributed by atoms with Crippen molar-refractivity contribution in [1.29, 1.82) is 0 Å². The van der Waals surface area contributed by atoms with E-state index in [1.165, 1.54) is 18.2 Å².